The van der Waals surface area contributed by atoms with Crippen LogP contribution < -0.4 is 5.32 Å². The van der Waals surface area contributed by atoms with E-state index in [1.807, 2.05) is 24.3 Å². The molecule has 2 nitrogen and oxygen atoms in total. The minimum absolute atomic E-state index is 0.206. The van der Waals surface area contributed by atoms with Crippen LogP contribution in [0.25, 0.3) is 0 Å². The molecular weight excluding hydrogens is 210 g/mol. The van der Waals surface area contributed by atoms with Crippen molar-refractivity contribution in [2.45, 2.75) is 19.3 Å². The summed E-state index contributed by atoms with van der Waals surface area (Å²) in [5.74, 6) is 0.501. The molecule has 0 radical (unpaired) electrons. The van der Waals surface area contributed by atoms with Crippen LogP contribution in [0.15, 0.2) is 24.3 Å². The van der Waals surface area contributed by atoms with E-state index < -0.39 is 0 Å². The topological polar surface area (TPSA) is 29.1 Å². The molecule has 0 bridgehead atoms. The maximum atomic E-state index is 11.3. The number of carbonyl (C=O) groups excluding carboxylic acids is 1. The molecule has 0 saturated heterocycles. The third kappa shape index (κ3) is 3.24. The molecule has 0 atom stereocenters. The first kappa shape index (κ1) is 10.5. The highest BCUT2D eigenvalue weighted by molar-refractivity contribution is 6.30. The fourth-order valence-corrected chi connectivity index (χ4v) is 1.73. The van der Waals surface area contributed by atoms with E-state index in [0.29, 0.717) is 12.5 Å². The van der Waals surface area contributed by atoms with Gasteiger partial charge >= 0.3 is 0 Å². The molecule has 1 aliphatic carbocycles. The van der Waals surface area contributed by atoms with Gasteiger partial charge < -0.3 is 5.32 Å². The van der Waals surface area contributed by atoms with E-state index in [1.165, 1.54) is 5.56 Å². The number of rotatable bonds is 4. The first-order chi connectivity index (χ1) is 7.25. The molecule has 2 rings (SSSR count). The Morgan fingerprint density at radius 3 is 2.93 bits per heavy atom. The summed E-state index contributed by atoms with van der Waals surface area (Å²) >= 11 is 5.86. The van der Waals surface area contributed by atoms with Crippen molar-refractivity contribution in [1.29, 1.82) is 0 Å². The third-order valence-corrected chi connectivity index (χ3v) is 2.79. The van der Waals surface area contributed by atoms with Gasteiger partial charge in [0.1, 0.15) is 0 Å². The summed E-state index contributed by atoms with van der Waals surface area (Å²) in [4.78, 5) is 11.3. The molecule has 1 fully saturated rings. The van der Waals surface area contributed by atoms with Gasteiger partial charge in [0.25, 0.3) is 0 Å². The van der Waals surface area contributed by atoms with Crippen LogP contribution in [-0.4, -0.2) is 12.5 Å². The Labute approximate surface area is 94.6 Å². The summed E-state index contributed by atoms with van der Waals surface area (Å²) in [6, 6.07) is 7.74. The number of hydrogen-bond donors (Lipinski definition) is 1. The summed E-state index contributed by atoms with van der Waals surface area (Å²) in [5.41, 5.74) is 1.17. The standard InChI is InChI=1S/C12H14ClNO/c13-11-3-1-2-9(8-11)6-7-14-12(15)10-4-5-10/h1-3,8,10H,4-7H2,(H,14,15). The van der Waals surface area contributed by atoms with Crippen molar-refractivity contribution in [2.75, 3.05) is 6.54 Å². The quantitative estimate of drug-likeness (QED) is 0.835. The van der Waals surface area contributed by atoms with Gasteiger partial charge in [-0.15, -0.1) is 0 Å². The molecule has 1 N–H and O–H groups in total. The molecule has 1 amide bonds. The Kier molecular flexibility index (Phi) is 3.27. The van der Waals surface area contributed by atoms with Crippen molar-refractivity contribution in [3.63, 3.8) is 0 Å². The maximum absolute atomic E-state index is 11.3. The van der Waals surface area contributed by atoms with Crippen molar-refractivity contribution in [2.24, 2.45) is 5.92 Å². The Balaban J connectivity index is 1.75. The van der Waals surface area contributed by atoms with Crippen molar-refractivity contribution >= 4 is 17.5 Å². The first-order valence-electron chi connectivity index (χ1n) is 5.28. The average Bonchev–Trinajstić information content (AvgIpc) is 3.00. The van der Waals surface area contributed by atoms with Crippen molar-refractivity contribution in [1.82, 2.24) is 5.32 Å². The van der Waals surface area contributed by atoms with E-state index in [0.717, 1.165) is 24.3 Å². The smallest absolute Gasteiger partial charge is 0.223 e. The lowest BCUT2D eigenvalue weighted by Crippen LogP contribution is -2.26. The lowest BCUT2D eigenvalue weighted by atomic mass is 10.1. The van der Waals surface area contributed by atoms with Gasteiger partial charge in [0.15, 0.2) is 0 Å². The normalized spacial score (nSPS) is 15.0. The minimum Gasteiger partial charge on any atom is -0.356 e. The van der Waals surface area contributed by atoms with E-state index >= 15 is 0 Å². The van der Waals surface area contributed by atoms with Gasteiger partial charge in [-0.05, 0) is 37.0 Å². The van der Waals surface area contributed by atoms with E-state index in [9.17, 15) is 4.79 Å². The van der Waals surface area contributed by atoms with Crippen LogP contribution in [0.5, 0.6) is 0 Å². The van der Waals surface area contributed by atoms with Gasteiger partial charge in [0, 0.05) is 17.5 Å². The molecule has 3 heteroatoms. The highest BCUT2D eigenvalue weighted by Gasteiger charge is 2.28. The number of benzene rings is 1. The average molecular weight is 224 g/mol. The predicted molar refractivity (Wildman–Crippen MR) is 60.9 cm³/mol. The fourth-order valence-electron chi connectivity index (χ4n) is 1.51. The molecular formula is C12H14ClNO. The molecule has 1 aliphatic rings. The highest BCUT2D eigenvalue weighted by Crippen LogP contribution is 2.28. The maximum Gasteiger partial charge on any atom is 0.223 e. The van der Waals surface area contributed by atoms with Gasteiger partial charge in [-0.25, -0.2) is 0 Å². The summed E-state index contributed by atoms with van der Waals surface area (Å²) in [6.45, 7) is 0.704. The van der Waals surface area contributed by atoms with Crippen LogP contribution >= 0.6 is 11.6 Å². The van der Waals surface area contributed by atoms with Crippen LogP contribution in [0.1, 0.15) is 18.4 Å². The molecule has 0 aliphatic heterocycles. The molecule has 0 aromatic heterocycles. The summed E-state index contributed by atoms with van der Waals surface area (Å²) in [5, 5.41) is 3.68. The van der Waals surface area contributed by atoms with Crippen molar-refractivity contribution < 1.29 is 4.79 Å². The molecule has 0 spiro atoms. The molecule has 1 aromatic rings. The minimum atomic E-state index is 0.206. The largest absolute Gasteiger partial charge is 0.356 e. The zero-order chi connectivity index (χ0) is 10.7. The Morgan fingerprint density at radius 1 is 1.47 bits per heavy atom. The second-order valence-electron chi connectivity index (χ2n) is 3.95. The van der Waals surface area contributed by atoms with Crippen LogP contribution in [0.3, 0.4) is 0 Å². The van der Waals surface area contributed by atoms with E-state index in [1.54, 1.807) is 0 Å². The zero-order valence-electron chi connectivity index (χ0n) is 8.50. The Bertz CT molecular complexity index is 360. The second kappa shape index (κ2) is 4.67. The number of amides is 1. The lowest BCUT2D eigenvalue weighted by molar-refractivity contribution is -0.122. The summed E-state index contributed by atoms with van der Waals surface area (Å²) in [6.07, 6.45) is 2.96. The molecule has 1 saturated carbocycles. The molecule has 80 valence electrons. The molecule has 1 aromatic carbocycles. The van der Waals surface area contributed by atoms with Gasteiger partial charge in [-0.1, -0.05) is 23.7 Å². The van der Waals surface area contributed by atoms with Crippen LogP contribution in [0, 0.1) is 5.92 Å². The molecule has 15 heavy (non-hydrogen) atoms. The van der Waals surface area contributed by atoms with Gasteiger partial charge in [-0.2, -0.15) is 0 Å². The lowest BCUT2D eigenvalue weighted by Gasteiger charge is -2.04. The van der Waals surface area contributed by atoms with E-state index in [4.69, 9.17) is 11.6 Å². The zero-order valence-corrected chi connectivity index (χ0v) is 9.26. The SMILES string of the molecule is O=C(NCCc1cccc(Cl)c1)C1CC1. The fraction of sp³-hybridized carbons (Fsp3) is 0.417. The Morgan fingerprint density at radius 2 is 2.27 bits per heavy atom. The van der Waals surface area contributed by atoms with Crippen LogP contribution in [0.2, 0.25) is 5.02 Å². The number of hydrogen-bond acceptors (Lipinski definition) is 1. The van der Waals surface area contributed by atoms with Crippen LogP contribution in [0.4, 0.5) is 0 Å². The number of halogens is 1. The number of carbonyl (C=O) groups is 1. The second-order valence-corrected chi connectivity index (χ2v) is 4.38. The molecule has 0 heterocycles. The monoisotopic (exact) mass is 223 g/mol. The van der Waals surface area contributed by atoms with Gasteiger partial charge in [0.2, 0.25) is 5.91 Å². The van der Waals surface area contributed by atoms with E-state index in [2.05, 4.69) is 5.32 Å². The highest BCUT2D eigenvalue weighted by atomic mass is 35.5. The predicted octanol–water partition coefficient (Wildman–Crippen LogP) is 2.41. The first-order valence-corrected chi connectivity index (χ1v) is 5.65. The molecule has 0 unspecified atom stereocenters. The van der Waals surface area contributed by atoms with Gasteiger partial charge in [0.05, 0.1) is 0 Å². The Hall–Kier alpha value is -1.02. The number of nitrogens with one attached hydrogen (secondary N) is 1. The van der Waals surface area contributed by atoms with Crippen molar-refractivity contribution in [3.8, 4) is 0 Å². The van der Waals surface area contributed by atoms with E-state index in [-0.39, 0.29) is 5.91 Å². The summed E-state index contributed by atoms with van der Waals surface area (Å²) < 4.78 is 0. The van der Waals surface area contributed by atoms with Crippen LogP contribution in [-0.2, 0) is 11.2 Å². The summed E-state index contributed by atoms with van der Waals surface area (Å²) in [7, 11) is 0. The van der Waals surface area contributed by atoms with Gasteiger partial charge in [-0.3, -0.25) is 4.79 Å². The third-order valence-electron chi connectivity index (χ3n) is 2.55. The van der Waals surface area contributed by atoms with Crippen molar-refractivity contribution in [3.05, 3.63) is 34.9 Å².